The van der Waals surface area contributed by atoms with Crippen molar-refractivity contribution in [2.24, 2.45) is 5.10 Å². The molecule has 0 bridgehead atoms. The van der Waals surface area contributed by atoms with Gasteiger partial charge in [0, 0.05) is 16.9 Å². The first kappa shape index (κ1) is 14.2. The number of nitrogens with zero attached hydrogens (tertiary/aromatic N) is 2. The second-order valence-corrected chi connectivity index (χ2v) is 4.74. The molecule has 0 saturated carbocycles. The molecule has 0 spiro atoms. The van der Waals surface area contributed by atoms with Gasteiger partial charge < -0.3 is 4.74 Å². The Hall–Kier alpha value is -2.21. The Kier molecular flexibility index (Phi) is 5.25. The summed E-state index contributed by atoms with van der Waals surface area (Å²) in [6, 6.07) is 10.8. The molecule has 1 aromatic heterocycles. The van der Waals surface area contributed by atoms with E-state index in [1.165, 1.54) is 0 Å². The van der Waals surface area contributed by atoms with Gasteiger partial charge in [0.15, 0.2) is 6.61 Å². The number of carbonyl (C=O) groups excluding carboxylic acids is 1. The van der Waals surface area contributed by atoms with Gasteiger partial charge in [-0.05, 0) is 35.9 Å². The van der Waals surface area contributed by atoms with Crippen LogP contribution in [0, 0.1) is 0 Å². The third-order valence-corrected chi connectivity index (χ3v) is 2.77. The van der Waals surface area contributed by atoms with Gasteiger partial charge in [0.05, 0.1) is 6.21 Å². The van der Waals surface area contributed by atoms with Gasteiger partial charge in [-0.15, -0.1) is 0 Å². The fourth-order valence-corrected chi connectivity index (χ4v) is 1.74. The van der Waals surface area contributed by atoms with Gasteiger partial charge in [-0.1, -0.05) is 22.0 Å². The molecule has 2 rings (SSSR count). The third-order valence-electron chi connectivity index (χ3n) is 2.27. The topological polar surface area (TPSA) is 63.6 Å². The van der Waals surface area contributed by atoms with Crippen LogP contribution in [0.4, 0.5) is 0 Å². The molecule has 1 amide bonds. The third kappa shape index (κ3) is 4.81. The highest BCUT2D eigenvalue weighted by molar-refractivity contribution is 9.10. The molecule has 0 fully saturated rings. The van der Waals surface area contributed by atoms with E-state index in [9.17, 15) is 4.79 Å². The van der Waals surface area contributed by atoms with Crippen molar-refractivity contribution in [1.82, 2.24) is 10.4 Å². The van der Waals surface area contributed by atoms with Crippen LogP contribution in [0.25, 0.3) is 0 Å². The number of aromatic nitrogens is 1. The maximum atomic E-state index is 11.5. The van der Waals surface area contributed by atoms with Crippen molar-refractivity contribution < 1.29 is 9.53 Å². The molecule has 0 unspecified atom stereocenters. The van der Waals surface area contributed by atoms with Gasteiger partial charge >= 0.3 is 0 Å². The minimum absolute atomic E-state index is 0.0931. The second kappa shape index (κ2) is 7.40. The standard InChI is InChI=1S/C14H12BrN3O2/c15-12-2-1-3-13(8-12)20-10-14(19)18-17-9-11-4-6-16-7-5-11/h1-9H,10H2,(H,18,19). The number of pyridine rings is 1. The normalized spacial score (nSPS) is 10.4. The van der Waals surface area contributed by atoms with Crippen molar-refractivity contribution in [2.45, 2.75) is 0 Å². The number of hydrogen-bond acceptors (Lipinski definition) is 4. The van der Waals surface area contributed by atoms with Gasteiger partial charge in [-0.3, -0.25) is 9.78 Å². The Bertz CT molecular complexity index is 602. The summed E-state index contributed by atoms with van der Waals surface area (Å²) in [5.41, 5.74) is 3.24. The average Bonchev–Trinajstić information content (AvgIpc) is 2.46. The Labute approximate surface area is 124 Å². The zero-order valence-corrected chi connectivity index (χ0v) is 12.1. The number of nitrogens with one attached hydrogen (secondary N) is 1. The summed E-state index contributed by atoms with van der Waals surface area (Å²) < 4.78 is 6.22. The molecule has 1 N–H and O–H groups in total. The van der Waals surface area contributed by atoms with Crippen LogP contribution in [-0.4, -0.2) is 23.7 Å². The van der Waals surface area contributed by atoms with Crippen LogP contribution in [0.3, 0.4) is 0 Å². The lowest BCUT2D eigenvalue weighted by atomic mass is 10.3. The highest BCUT2D eigenvalue weighted by Crippen LogP contribution is 2.17. The summed E-state index contributed by atoms with van der Waals surface area (Å²) >= 11 is 3.33. The maximum Gasteiger partial charge on any atom is 0.277 e. The quantitative estimate of drug-likeness (QED) is 0.674. The molecule has 0 radical (unpaired) electrons. The van der Waals surface area contributed by atoms with Crippen molar-refractivity contribution in [3.63, 3.8) is 0 Å². The second-order valence-electron chi connectivity index (χ2n) is 3.82. The molecule has 6 heteroatoms. The molecule has 102 valence electrons. The number of hydrogen-bond donors (Lipinski definition) is 1. The smallest absolute Gasteiger partial charge is 0.277 e. The van der Waals surface area contributed by atoms with E-state index in [0.717, 1.165) is 10.0 Å². The molecule has 5 nitrogen and oxygen atoms in total. The van der Waals surface area contributed by atoms with E-state index in [-0.39, 0.29) is 12.5 Å². The fourth-order valence-electron chi connectivity index (χ4n) is 1.37. The first-order valence-corrected chi connectivity index (χ1v) is 6.63. The Morgan fingerprint density at radius 1 is 1.35 bits per heavy atom. The zero-order chi connectivity index (χ0) is 14.2. The number of hydrazone groups is 1. The molecular formula is C14H12BrN3O2. The molecule has 0 aliphatic heterocycles. The number of benzene rings is 1. The van der Waals surface area contributed by atoms with Crippen LogP contribution < -0.4 is 10.2 Å². The van der Waals surface area contributed by atoms with Crippen LogP contribution in [-0.2, 0) is 4.79 Å². The van der Waals surface area contributed by atoms with E-state index in [2.05, 4.69) is 31.4 Å². The van der Waals surface area contributed by atoms with Gasteiger partial charge in [0.2, 0.25) is 0 Å². The summed E-state index contributed by atoms with van der Waals surface area (Å²) in [6.07, 6.45) is 4.85. The van der Waals surface area contributed by atoms with Gasteiger partial charge in [-0.25, -0.2) is 5.43 Å². The number of rotatable bonds is 5. The van der Waals surface area contributed by atoms with Gasteiger partial charge in [0.1, 0.15) is 5.75 Å². The lowest BCUT2D eigenvalue weighted by Gasteiger charge is -2.04. The van der Waals surface area contributed by atoms with Crippen LogP contribution in [0.5, 0.6) is 5.75 Å². The van der Waals surface area contributed by atoms with Crippen LogP contribution in [0.15, 0.2) is 58.4 Å². The average molecular weight is 334 g/mol. The molecule has 0 atom stereocenters. The lowest BCUT2D eigenvalue weighted by molar-refractivity contribution is -0.123. The minimum Gasteiger partial charge on any atom is -0.484 e. The molecule has 1 heterocycles. The molecule has 0 aliphatic carbocycles. The summed E-state index contributed by atoms with van der Waals surface area (Å²) in [4.78, 5) is 15.4. The van der Waals surface area contributed by atoms with Crippen molar-refractivity contribution in [2.75, 3.05) is 6.61 Å². The Balaban J connectivity index is 1.77. The van der Waals surface area contributed by atoms with Crippen LogP contribution in [0.1, 0.15) is 5.56 Å². The van der Waals surface area contributed by atoms with Crippen molar-refractivity contribution in [3.8, 4) is 5.75 Å². The van der Waals surface area contributed by atoms with Crippen molar-refractivity contribution in [3.05, 3.63) is 58.8 Å². The van der Waals surface area contributed by atoms with Gasteiger partial charge in [0.25, 0.3) is 5.91 Å². The SMILES string of the molecule is O=C(COc1cccc(Br)c1)NN=Cc1ccncc1. The summed E-state index contributed by atoms with van der Waals surface area (Å²) in [5, 5.41) is 3.83. The van der Waals surface area contributed by atoms with Crippen LogP contribution >= 0.6 is 15.9 Å². The summed E-state index contributed by atoms with van der Waals surface area (Å²) in [5.74, 6) is 0.294. The molecule has 0 aliphatic rings. The van der Waals surface area contributed by atoms with Crippen LogP contribution in [0.2, 0.25) is 0 Å². The molecular weight excluding hydrogens is 322 g/mol. The van der Waals surface area contributed by atoms with E-state index in [1.807, 2.05) is 12.1 Å². The van der Waals surface area contributed by atoms with Crippen molar-refractivity contribution >= 4 is 28.1 Å². The number of ether oxygens (including phenoxy) is 1. The molecule has 1 aromatic carbocycles. The molecule has 0 saturated heterocycles. The van der Waals surface area contributed by atoms with Gasteiger partial charge in [-0.2, -0.15) is 5.10 Å². The van der Waals surface area contributed by atoms with E-state index in [1.54, 1.807) is 42.9 Å². The molecule has 2 aromatic rings. The Morgan fingerprint density at radius 3 is 2.90 bits per heavy atom. The number of carbonyl (C=O) groups is 1. The largest absolute Gasteiger partial charge is 0.484 e. The van der Waals surface area contributed by atoms with E-state index < -0.39 is 0 Å². The maximum absolute atomic E-state index is 11.5. The van der Waals surface area contributed by atoms with Crippen molar-refractivity contribution in [1.29, 1.82) is 0 Å². The van der Waals surface area contributed by atoms with E-state index in [0.29, 0.717) is 5.75 Å². The highest BCUT2D eigenvalue weighted by atomic mass is 79.9. The first-order chi connectivity index (χ1) is 9.74. The highest BCUT2D eigenvalue weighted by Gasteiger charge is 2.01. The molecule has 20 heavy (non-hydrogen) atoms. The fraction of sp³-hybridized carbons (Fsp3) is 0.0714. The van der Waals surface area contributed by atoms with E-state index >= 15 is 0 Å². The monoisotopic (exact) mass is 333 g/mol. The summed E-state index contributed by atoms with van der Waals surface area (Å²) in [7, 11) is 0. The zero-order valence-electron chi connectivity index (χ0n) is 10.5. The van der Waals surface area contributed by atoms with E-state index in [4.69, 9.17) is 4.74 Å². The number of halogens is 1. The minimum atomic E-state index is -0.324. The lowest BCUT2D eigenvalue weighted by Crippen LogP contribution is -2.24. The first-order valence-electron chi connectivity index (χ1n) is 5.84. The predicted molar refractivity (Wildman–Crippen MR) is 79.6 cm³/mol. The summed E-state index contributed by atoms with van der Waals surface area (Å²) in [6.45, 7) is -0.0931. The predicted octanol–water partition coefficient (Wildman–Crippen LogP) is 2.37. The number of amides is 1. The Morgan fingerprint density at radius 2 is 2.15 bits per heavy atom.